The Morgan fingerprint density at radius 1 is 0.923 bits per heavy atom. The molecule has 0 saturated heterocycles. The zero-order chi connectivity index (χ0) is 18.6. The van der Waals surface area contributed by atoms with Gasteiger partial charge in [-0.05, 0) is 48.2 Å². The maximum absolute atomic E-state index is 10.5. The zero-order valence-corrected chi connectivity index (χ0v) is 15.5. The van der Waals surface area contributed by atoms with Crippen molar-refractivity contribution in [2.45, 2.75) is 38.0 Å². The molecule has 3 aromatic rings. The van der Waals surface area contributed by atoms with Gasteiger partial charge in [0, 0.05) is 18.1 Å². The molecule has 0 aromatic heterocycles. The molecule has 0 aliphatic carbocycles. The van der Waals surface area contributed by atoms with Crippen LogP contribution in [0, 0.1) is 0 Å². The van der Waals surface area contributed by atoms with Gasteiger partial charge in [-0.15, -0.1) is 0 Å². The van der Waals surface area contributed by atoms with E-state index < -0.39 is 6.10 Å². The van der Waals surface area contributed by atoms with E-state index in [-0.39, 0.29) is 11.6 Å². The number of benzene rings is 3. The van der Waals surface area contributed by atoms with E-state index in [9.17, 15) is 5.11 Å². The lowest BCUT2D eigenvalue weighted by atomic mass is 9.91. The minimum atomic E-state index is -0.602. The van der Waals surface area contributed by atoms with Crippen molar-refractivity contribution in [2.24, 2.45) is 5.73 Å². The number of aliphatic hydroxyl groups excluding tert-OH is 1. The monoisotopic (exact) mass is 348 g/mol. The Labute approximate surface area is 155 Å². The van der Waals surface area contributed by atoms with Crippen molar-refractivity contribution < 1.29 is 5.11 Å². The van der Waals surface area contributed by atoms with Crippen LogP contribution in [0.1, 0.15) is 25.0 Å². The number of nitrogens with one attached hydrogen (secondary N) is 1. The molecule has 0 unspecified atom stereocenters. The minimum absolute atomic E-state index is 0.253. The van der Waals surface area contributed by atoms with Crippen LogP contribution in [-0.2, 0) is 12.0 Å². The smallest absolute Gasteiger partial charge is 0.0818 e. The Kier molecular flexibility index (Phi) is 5.72. The predicted molar refractivity (Wildman–Crippen MR) is 109 cm³/mol. The highest BCUT2D eigenvalue weighted by atomic mass is 16.3. The highest BCUT2D eigenvalue weighted by molar-refractivity contribution is 5.83. The standard InChI is InChI=1S/C23H28N2O/c1-23(2,20-13-12-18-10-6-7-11-19(18)15-20)25-16-22(26)21(24)14-17-8-4-3-5-9-17/h3-13,15,21-22,25-26H,14,16,24H2,1-2H3/t21-,22+/m0/s1. The van der Waals surface area contributed by atoms with Crippen LogP contribution >= 0.6 is 0 Å². The van der Waals surface area contributed by atoms with E-state index in [1.807, 2.05) is 30.3 Å². The highest BCUT2D eigenvalue weighted by Gasteiger charge is 2.23. The molecule has 3 rings (SSSR count). The third-order valence-electron chi connectivity index (χ3n) is 5.03. The van der Waals surface area contributed by atoms with Crippen LogP contribution in [0.15, 0.2) is 72.8 Å². The molecule has 0 radical (unpaired) electrons. The van der Waals surface area contributed by atoms with Gasteiger partial charge < -0.3 is 16.2 Å². The van der Waals surface area contributed by atoms with Gasteiger partial charge in [0.15, 0.2) is 0 Å². The zero-order valence-electron chi connectivity index (χ0n) is 15.5. The van der Waals surface area contributed by atoms with Gasteiger partial charge in [0.2, 0.25) is 0 Å². The lowest BCUT2D eigenvalue weighted by molar-refractivity contribution is 0.131. The van der Waals surface area contributed by atoms with Gasteiger partial charge in [0.25, 0.3) is 0 Å². The molecular formula is C23H28N2O. The summed E-state index contributed by atoms with van der Waals surface area (Å²) in [5, 5.41) is 16.4. The fourth-order valence-corrected chi connectivity index (χ4v) is 3.21. The first-order valence-corrected chi connectivity index (χ1v) is 9.17. The van der Waals surface area contributed by atoms with Crippen molar-refractivity contribution in [3.8, 4) is 0 Å². The van der Waals surface area contributed by atoms with Crippen molar-refractivity contribution in [1.82, 2.24) is 5.32 Å². The molecular weight excluding hydrogens is 320 g/mol. The summed E-state index contributed by atoms with van der Waals surface area (Å²) in [5.74, 6) is 0. The Bertz CT molecular complexity index is 845. The topological polar surface area (TPSA) is 58.3 Å². The molecule has 3 aromatic carbocycles. The number of nitrogens with two attached hydrogens (primary N) is 1. The summed E-state index contributed by atoms with van der Waals surface area (Å²) in [6, 6.07) is 24.6. The van der Waals surface area contributed by atoms with Crippen molar-refractivity contribution in [2.75, 3.05) is 6.54 Å². The van der Waals surface area contributed by atoms with Gasteiger partial charge in [-0.1, -0.05) is 66.7 Å². The molecule has 0 saturated carbocycles. The predicted octanol–water partition coefficient (Wildman–Crippen LogP) is 3.60. The maximum Gasteiger partial charge on any atom is 0.0818 e. The first-order chi connectivity index (χ1) is 12.5. The molecule has 0 amide bonds. The van der Waals surface area contributed by atoms with E-state index in [1.165, 1.54) is 16.3 Å². The third kappa shape index (κ3) is 4.50. The molecule has 0 aliphatic rings. The average molecular weight is 348 g/mol. The van der Waals surface area contributed by atoms with E-state index in [4.69, 9.17) is 5.73 Å². The van der Waals surface area contributed by atoms with E-state index in [0.29, 0.717) is 13.0 Å². The van der Waals surface area contributed by atoms with Gasteiger partial charge in [0.1, 0.15) is 0 Å². The largest absolute Gasteiger partial charge is 0.390 e. The van der Waals surface area contributed by atoms with E-state index in [1.54, 1.807) is 0 Å². The maximum atomic E-state index is 10.5. The van der Waals surface area contributed by atoms with Crippen molar-refractivity contribution >= 4 is 10.8 Å². The molecule has 0 heterocycles. The number of rotatable bonds is 7. The van der Waals surface area contributed by atoms with Crippen LogP contribution in [0.3, 0.4) is 0 Å². The molecule has 0 fully saturated rings. The van der Waals surface area contributed by atoms with E-state index >= 15 is 0 Å². The quantitative estimate of drug-likeness (QED) is 0.611. The summed E-state index contributed by atoms with van der Waals surface area (Å²) in [7, 11) is 0. The lowest BCUT2D eigenvalue weighted by Gasteiger charge is -2.30. The fourth-order valence-electron chi connectivity index (χ4n) is 3.21. The fraction of sp³-hybridized carbons (Fsp3) is 0.304. The molecule has 4 N–H and O–H groups in total. The van der Waals surface area contributed by atoms with Crippen LogP contribution in [0.2, 0.25) is 0 Å². The Balaban J connectivity index is 1.62. The van der Waals surface area contributed by atoms with Gasteiger partial charge in [-0.2, -0.15) is 0 Å². The van der Waals surface area contributed by atoms with Crippen molar-refractivity contribution in [3.05, 3.63) is 83.9 Å². The van der Waals surface area contributed by atoms with Gasteiger partial charge in [-0.3, -0.25) is 0 Å². The molecule has 0 spiro atoms. The summed E-state index contributed by atoms with van der Waals surface area (Å²) >= 11 is 0. The molecule has 3 nitrogen and oxygen atoms in total. The summed E-state index contributed by atoms with van der Waals surface area (Å²) in [4.78, 5) is 0. The summed E-state index contributed by atoms with van der Waals surface area (Å²) < 4.78 is 0. The molecule has 136 valence electrons. The number of hydrogen-bond acceptors (Lipinski definition) is 3. The molecule has 0 aliphatic heterocycles. The van der Waals surface area contributed by atoms with E-state index in [0.717, 1.165) is 5.56 Å². The minimum Gasteiger partial charge on any atom is -0.390 e. The third-order valence-corrected chi connectivity index (χ3v) is 5.03. The van der Waals surface area contributed by atoms with Crippen LogP contribution in [0.4, 0.5) is 0 Å². The second-order valence-electron chi connectivity index (χ2n) is 7.49. The van der Waals surface area contributed by atoms with Crippen LogP contribution in [0.25, 0.3) is 10.8 Å². The Morgan fingerprint density at radius 3 is 2.31 bits per heavy atom. The van der Waals surface area contributed by atoms with Crippen LogP contribution in [-0.4, -0.2) is 23.8 Å². The number of fused-ring (bicyclic) bond motifs is 1. The molecule has 3 heteroatoms. The molecule has 2 atom stereocenters. The van der Waals surface area contributed by atoms with Gasteiger partial charge >= 0.3 is 0 Å². The van der Waals surface area contributed by atoms with Gasteiger partial charge in [-0.25, -0.2) is 0 Å². The summed E-state index contributed by atoms with van der Waals surface area (Å²) in [6.45, 7) is 4.72. The Morgan fingerprint density at radius 2 is 1.58 bits per heavy atom. The van der Waals surface area contributed by atoms with Crippen molar-refractivity contribution in [1.29, 1.82) is 0 Å². The van der Waals surface area contributed by atoms with E-state index in [2.05, 4.69) is 61.6 Å². The highest BCUT2D eigenvalue weighted by Crippen LogP contribution is 2.24. The molecule has 0 bridgehead atoms. The SMILES string of the molecule is CC(C)(NC[C@@H](O)[C@@H](N)Cc1ccccc1)c1ccc2ccccc2c1. The summed E-state index contributed by atoms with van der Waals surface area (Å²) in [5.41, 5.74) is 8.29. The first-order valence-electron chi connectivity index (χ1n) is 9.17. The normalized spacial score (nSPS) is 14.3. The average Bonchev–Trinajstić information content (AvgIpc) is 2.66. The first kappa shape index (κ1) is 18.6. The summed E-state index contributed by atoms with van der Waals surface area (Å²) in [6.07, 6.45) is 0.0648. The van der Waals surface area contributed by atoms with Crippen LogP contribution < -0.4 is 11.1 Å². The lowest BCUT2D eigenvalue weighted by Crippen LogP contribution is -2.48. The second-order valence-corrected chi connectivity index (χ2v) is 7.49. The number of aliphatic hydroxyl groups is 1. The van der Waals surface area contributed by atoms with Gasteiger partial charge in [0.05, 0.1) is 6.10 Å². The second kappa shape index (κ2) is 8.00. The van der Waals surface area contributed by atoms with Crippen molar-refractivity contribution in [3.63, 3.8) is 0 Å². The Hall–Kier alpha value is -2.20. The van der Waals surface area contributed by atoms with Crippen LogP contribution in [0.5, 0.6) is 0 Å². The molecule has 26 heavy (non-hydrogen) atoms. The number of hydrogen-bond donors (Lipinski definition) is 3.